The Morgan fingerprint density at radius 2 is 2.22 bits per heavy atom. The number of hydrogen-bond donors (Lipinski definition) is 2. The molecule has 0 amide bonds. The smallest absolute Gasteiger partial charge is 0.338 e. The van der Waals surface area contributed by atoms with E-state index < -0.39 is 11.0 Å². The molecule has 0 unspecified atom stereocenters. The van der Waals surface area contributed by atoms with Crippen molar-refractivity contribution in [3.63, 3.8) is 0 Å². The van der Waals surface area contributed by atoms with Gasteiger partial charge in [-0.15, -0.1) is 5.10 Å². The molecule has 0 fully saturated rings. The maximum absolute atomic E-state index is 11.6. The number of hydrogen-bond acceptors (Lipinski definition) is 7. The molecule has 0 saturated heterocycles. The van der Waals surface area contributed by atoms with Gasteiger partial charge in [0.15, 0.2) is 5.03 Å². The van der Waals surface area contributed by atoms with Crippen LogP contribution in [0.3, 0.4) is 0 Å². The summed E-state index contributed by atoms with van der Waals surface area (Å²) in [6.45, 7) is 0. The number of nitrogens with one attached hydrogen (secondary N) is 2. The standard InChI is InChI=1S/C9H9N5O4/c1-18-9(15)7-5-3-2-4-6(7)8-10-11-12-13(8)14(16)17/h2-5,11-12H,1H3. The molecule has 1 aliphatic rings. The first-order valence-corrected chi connectivity index (χ1v) is 4.85. The second kappa shape index (κ2) is 4.67. The van der Waals surface area contributed by atoms with Gasteiger partial charge >= 0.3 is 5.97 Å². The van der Waals surface area contributed by atoms with Gasteiger partial charge in [0.05, 0.1) is 12.7 Å². The fraction of sp³-hybridized carbons (Fsp3) is 0.111. The predicted octanol–water partition coefficient (Wildman–Crippen LogP) is -0.349. The Labute approximate surface area is 101 Å². The van der Waals surface area contributed by atoms with Crippen LogP contribution in [-0.2, 0) is 4.74 Å². The maximum atomic E-state index is 11.6. The molecule has 0 atom stereocenters. The number of ether oxygens (including phenoxy) is 1. The van der Waals surface area contributed by atoms with E-state index in [1.807, 2.05) is 0 Å². The van der Waals surface area contributed by atoms with Gasteiger partial charge in [0.2, 0.25) is 5.84 Å². The Hall–Kier alpha value is -2.68. The predicted molar refractivity (Wildman–Crippen MR) is 59.4 cm³/mol. The molecule has 18 heavy (non-hydrogen) atoms. The van der Waals surface area contributed by atoms with Crippen LogP contribution in [0.2, 0.25) is 0 Å². The van der Waals surface area contributed by atoms with Crippen LogP contribution in [0.25, 0.3) is 0 Å². The van der Waals surface area contributed by atoms with Gasteiger partial charge in [-0.05, 0) is 6.07 Å². The lowest BCUT2D eigenvalue weighted by Gasteiger charge is -2.10. The van der Waals surface area contributed by atoms with E-state index in [1.54, 1.807) is 12.1 Å². The first-order valence-electron chi connectivity index (χ1n) is 4.85. The molecule has 9 nitrogen and oxygen atoms in total. The van der Waals surface area contributed by atoms with Gasteiger partial charge in [-0.3, -0.25) is 0 Å². The van der Waals surface area contributed by atoms with Gasteiger partial charge in [0, 0.05) is 10.7 Å². The van der Waals surface area contributed by atoms with E-state index in [1.165, 1.54) is 19.2 Å². The average Bonchev–Trinajstić information content (AvgIpc) is 2.87. The highest BCUT2D eigenvalue weighted by molar-refractivity contribution is 6.07. The molecule has 1 aromatic rings. The number of hydrazone groups is 1. The summed E-state index contributed by atoms with van der Waals surface area (Å²) in [6.07, 6.45) is 0. The molecule has 0 saturated carbocycles. The lowest BCUT2D eigenvalue weighted by Crippen LogP contribution is -2.45. The molecule has 1 heterocycles. The Kier molecular flexibility index (Phi) is 3.06. The van der Waals surface area contributed by atoms with Crippen molar-refractivity contribution < 1.29 is 14.6 Å². The fourth-order valence-electron chi connectivity index (χ4n) is 1.48. The van der Waals surface area contributed by atoms with Crippen LogP contribution >= 0.6 is 0 Å². The molecule has 0 aromatic heterocycles. The van der Waals surface area contributed by atoms with Crippen molar-refractivity contribution in [1.82, 2.24) is 16.2 Å². The molecule has 0 bridgehead atoms. The average molecular weight is 251 g/mol. The van der Waals surface area contributed by atoms with Crippen LogP contribution in [0.4, 0.5) is 0 Å². The number of esters is 1. The highest BCUT2D eigenvalue weighted by Gasteiger charge is 2.31. The molecule has 0 aliphatic carbocycles. The molecular formula is C9H9N5O4. The number of nitrogens with zero attached hydrogens (tertiary/aromatic N) is 3. The van der Waals surface area contributed by atoms with Crippen molar-refractivity contribution in [2.75, 3.05) is 7.11 Å². The van der Waals surface area contributed by atoms with E-state index in [4.69, 9.17) is 0 Å². The number of methoxy groups -OCH3 is 1. The van der Waals surface area contributed by atoms with Crippen LogP contribution in [0.15, 0.2) is 29.4 Å². The largest absolute Gasteiger partial charge is 0.465 e. The zero-order valence-electron chi connectivity index (χ0n) is 9.28. The number of carbonyl (C=O) groups excluding carboxylic acids is 1. The highest BCUT2D eigenvalue weighted by atomic mass is 16.7. The second-order valence-corrected chi connectivity index (χ2v) is 3.25. The molecule has 94 valence electrons. The van der Waals surface area contributed by atoms with Crippen LogP contribution in [0, 0.1) is 10.1 Å². The van der Waals surface area contributed by atoms with E-state index in [-0.39, 0.29) is 11.4 Å². The highest BCUT2D eigenvalue weighted by Crippen LogP contribution is 2.14. The van der Waals surface area contributed by atoms with E-state index >= 15 is 0 Å². The molecular weight excluding hydrogens is 242 g/mol. The van der Waals surface area contributed by atoms with Crippen LogP contribution in [-0.4, -0.2) is 29.1 Å². The molecule has 0 radical (unpaired) electrons. The van der Waals surface area contributed by atoms with Crippen molar-refractivity contribution >= 4 is 11.8 Å². The number of rotatable bonds is 3. The number of hydrazine groups is 3. The van der Waals surface area contributed by atoms with Gasteiger partial charge in [-0.1, -0.05) is 23.7 Å². The van der Waals surface area contributed by atoms with E-state index in [2.05, 4.69) is 20.9 Å². The molecule has 9 heteroatoms. The lowest BCUT2D eigenvalue weighted by atomic mass is 10.1. The van der Waals surface area contributed by atoms with Gasteiger partial charge in [-0.2, -0.15) is 0 Å². The first kappa shape index (κ1) is 11.8. The van der Waals surface area contributed by atoms with E-state index in [0.29, 0.717) is 10.7 Å². The lowest BCUT2D eigenvalue weighted by molar-refractivity contribution is -0.642. The Morgan fingerprint density at radius 3 is 2.89 bits per heavy atom. The quantitative estimate of drug-likeness (QED) is 0.429. The van der Waals surface area contributed by atoms with Crippen molar-refractivity contribution in [3.05, 3.63) is 45.5 Å². The van der Waals surface area contributed by atoms with E-state index in [0.717, 1.165) is 0 Å². The van der Waals surface area contributed by atoms with Crippen molar-refractivity contribution in [2.45, 2.75) is 0 Å². The summed E-state index contributed by atoms with van der Waals surface area (Å²) >= 11 is 0. The van der Waals surface area contributed by atoms with E-state index in [9.17, 15) is 14.9 Å². The third-order valence-corrected chi connectivity index (χ3v) is 2.25. The monoisotopic (exact) mass is 251 g/mol. The second-order valence-electron chi connectivity index (χ2n) is 3.25. The summed E-state index contributed by atoms with van der Waals surface area (Å²) in [4.78, 5) is 22.3. The maximum Gasteiger partial charge on any atom is 0.338 e. The summed E-state index contributed by atoms with van der Waals surface area (Å²) in [5.41, 5.74) is 4.95. The van der Waals surface area contributed by atoms with Gasteiger partial charge < -0.3 is 4.74 Å². The minimum Gasteiger partial charge on any atom is -0.465 e. The SMILES string of the molecule is COC(=O)c1ccccc1C1=NNNN1[N+](=O)[O-]. The minimum atomic E-state index is -0.701. The zero-order valence-corrected chi connectivity index (χ0v) is 9.28. The van der Waals surface area contributed by atoms with Crippen LogP contribution in [0.5, 0.6) is 0 Å². The zero-order chi connectivity index (χ0) is 13.1. The summed E-state index contributed by atoms with van der Waals surface area (Å²) in [7, 11) is 1.23. The number of carbonyl (C=O) groups is 1. The number of amidine groups is 1. The summed E-state index contributed by atoms with van der Waals surface area (Å²) < 4.78 is 4.61. The van der Waals surface area contributed by atoms with Crippen molar-refractivity contribution in [1.29, 1.82) is 0 Å². The number of benzene rings is 1. The number of nitro groups is 1. The van der Waals surface area contributed by atoms with Crippen molar-refractivity contribution in [3.8, 4) is 0 Å². The van der Waals surface area contributed by atoms with Gasteiger partial charge in [0.25, 0.3) is 0 Å². The van der Waals surface area contributed by atoms with Gasteiger partial charge in [0.1, 0.15) is 0 Å². The molecule has 2 rings (SSSR count). The Balaban J connectivity index is 2.45. The third kappa shape index (κ3) is 1.94. The van der Waals surface area contributed by atoms with Crippen LogP contribution in [0.1, 0.15) is 15.9 Å². The molecule has 1 aliphatic heterocycles. The van der Waals surface area contributed by atoms with Crippen molar-refractivity contribution in [2.24, 2.45) is 5.10 Å². The summed E-state index contributed by atoms with van der Waals surface area (Å²) in [6, 6.07) is 6.31. The van der Waals surface area contributed by atoms with Gasteiger partial charge in [-0.25, -0.2) is 20.4 Å². The fourth-order valence-corrected chi connectivity index (χ4v) is 1.48. The topological polar surface area (TPSA) is 109 Å². The Bertz CT molecular complexity index is 529. The summed E-state index contributed by atoms with van der Waals surface area (Å²) in [5.74, 6) is -0.621. The minimum absolute atomic E-state index is 0.0269. The molecule has 0 spiro atoms. The Morgan fingerprint density at radius 1 is 1.50 bits per heavy atom. The first-order chi connectivity index (χ1) is 8.65. The third-order valence-electron chi connectivity index (χ3n) is 2.25. The molecule has 1 aromatic carbocycles. The summed E-state index contributed by atoms with van der Waals surface area (Å²) in [5, 5.41) is 14.4. The normalized spacial score (nSPS) is 13.8. The molecule has 2 N–H and O–H groups in total. The van der Waals surface area contributed by atoms with Crippen LogP contribution < -0.4 is 11.1 Å².